The molecule has 0 unspecified atom stereocenters. The molecule has 0 saturated carbocycles. The molecule has 0 aromatic carbocycles. The quantitative estimate of drug-likeness (QED) is 0.715. The summed E-state index contributed by atoms with van der Waals surface area (Å²) in [5.74, 6) is -1.77. The summed E-state index contributed by atoms with van der Waals surface area (Å²) in [5, 5.41) is 10.9. The van der Waals surface area contributed by atoms with Crippen molar-refractivity contribution in [3.63, 3.8) is 0 Å². The first-order valence-corrected chi connectivity index (χ1v) is 6.44. The van der Waals surface area contributed by atoms with Crippen molar-refractivity contribution in [2.45, 2.75) is 25.4 Å². The summed E-state index contributed by atoms with van der Waals surface area (Å²) in [7, 11) is 0. The monoisotopic (exact) mass is 320 g/mol. The number of carbonyl (C=O) groups excluding carboxylic acids is 1. The highest BCUT2D eigenvalue weighted by Crippen LogP contribution is 2.17. The number of alkyl halides is 3. The molecule has 122 valence electrons. The van der Waals surface area contributed by atoms with E-state index in [0.717, 1.165) is 0 Å². The lowest BCUT2D eigenvalue weighted by Crippen LogP contribution is -2.26. The molecule has 0 radical (unpaired) electrons. The van der Waals surface area contributed by atoms with Crippen LogP contribution in [0.2, 0.25) is 0 Å². The van der Waals surface area contributed by atoms with Crippen LogP contribution in [0.15, 0.2) is 18.2 Å². The summed E-state index contributed by atoms with van der Waals surface area (Å²) in [5.41, 5.74) is -0.0714. The number of nitrogens with zero attached hydrogens (tertiary/aromatic N) is 1. The Labute approximate surface area is 124 Å². The van der Waals surface area contributed by atoms with E-state index >= 15 is 0 Å². The van der Waals surface area contributed by atoms with Crippen LogP contribution < -0.4 is 10.1 Å². The van der Waals surface area contributed by atoms with Gasteiger partial charge in [0.15, 0.2) is 6.61 Å². The van der Waals surface area contributed by atoms with Gasteiger partial charge in [-0.2, -0.15) is 13.2 Å². The largest absolute Gasteiger partial charge is 0.481 e. The molecule has 0 fully saturated rings. The Morgan fingerprint density at radius 1 is 1.27 bits per heavy atom. The zero-order chi connectivity index (χ0) is 16.6. The Morgan fingerprint density at radius 3 is 2.64 bits per heavy atom. The number of halogens is 3. The lowest BCUT2D eigenvalue weighted by molar-refractivity contribution is -0.154. The molecule has 6 nitrogen and oxygen atoms in total. The first-order chi connectivity index (χ1) is 10.3. The van der Waals surface area contributed by atoms with Crippen molar-refractivity contribution in [3.05, 3.63) is 23.9 Å². The molecule has 0 saturated heterocycles. The molecule has 1 aromatic rings. The van der Waals surface area contributed by atoms with Gasteiger partial charge in [-0.1, -0.05) is 6.07 Å². The number of aliphatic carboxylic acids is 1. The highest BCUT2D eigenvalue weighted by atomic mass is 19.4. The van der Waals surface area contributed by atoms with Crippen LogP contribution in [0.3, 0.4) is 0 Å². The molecule has 1 rings (SSSR count). The van der Waals surface area contributed by atoms with Gasteiger partial charge in [0.2, 0.25) is 5.88 Å². The second-order valence-corrected chi connectivity index (χ2v) is 4.37. The minimum atomic E-state index is -4.48. The molecule has 0 aliphatic carbocycles. The number of carboxylic acid groups (broad SMARTS) is 1. The van der Waals surface area contributed by atoms with Crippen molar-refractivity contribution in [2.24, 2.45) is 0 Å². The average molecular weight is 320 g/mol. The molecule has 0 aliphatic rings. The van der Waals surface area contributed by atoms with Gasteiger partial charge in [0.05, 0.1) is 0 Å². The molecule has 1 heterocycles. The van der Waals surface area contributed by atoms with Gasteiger partial charge in [-0.05, 0) is 18.9 Å². The first kappa shape index (κ1) is 17.7. The number of nitrogens with one attached hydrogen (secondary N) is 1. The number of unbranched alkanes of at least 4 members (excludes halogenated alkanes) is 1. The third-order valence-corrected chi connectivity index (χ3v) is 2.44. The molecule has 1 aromatic heterocycles. The van der Waals surface area contributed by atoms with Crippen molar-refractivity contribution in [1.82, 2.24) is 10.3 Å². The molecule has 2 N–H and O–H groups in total. The summed E-state index contributed by atoms with van der Waals surface area (Å²) in [6.45, 7) is -1.23. The highest BCUT2D eigenvalue weighted by molar-refractivity contribution is 5.92. The molecule has 0 spiro atoms. The van der Waals surface area contributed by atoms with E-state index in [4.69, 9.17) is 5.11 Å². The maximum atomic E-state index is 12.0. The van der Waals surface area contributed by atoms with Gasteiger partial charge in [0.25, 0.3) is 5.91 Å². The minimum Gasteiger partial charge on any atom is -0.481 e. The van der Waals surface area contributed by atoms with E-state index in [0.29, 0.717) is 12.8 Å². The Morgan fingerprint density at radius 2 is 2.00 bits per heavy atom. The van der Waals surface area contributed by atoms with Crippen LogP contribution in [0.4, 0.5) is 13.2 Å². The van der Waals surface area contributed by atoms with Crippen LogP contribution in [-0.2, 0) is 4.79 Å². The van der Waals surface area contributed by atoms with Crippen LogP contribution in [0, 0.1) is 0 Å². The molecule has 0 aliphatic heterocycles. The Bertz CT molecular complexity index is 520. The summed E-state index contributed by atoms with van der Waals surface area (Å²) >= 11 is 0. The fraction of sp³-hybridized carbons (Fsp3) is 0.462. The normalized spacial score (nSPS) is 11.0. The number of ether oxygens (including phenoxy) is 1. The number of carbonyl (C=O) groups is 2. The van der Waals surface area contributed by atoms with E-state index in [9.17, 15) is 22.8 Å². The molecule has 9 heteroatoms. The fourth-order valence-corrected chi connectivity index (χ4v) is 1.47. The topological polar surface area (TPSA) is 88.5 Å². The average Bonchev–Trinajstić information content (AvgIpc) is 2.44. The first-order valence-electron chi connectivity index (χ1n) is 6.44. The van der Waals surface area contributed by atoms with Crippen LogP contribution >= 0.6 is 0 Å². The summed E-state index contributed by atoms with van der Waals surface area (Å²) in [6.07, 6.45) is -3.58. The standard InChI is InChI=1S/C13H15F3N2O4/c14-13(15,16)8-22-10-5-3-4-9(18-10)12(21)17-7-2-1-6-11(19)20/h3-5H,1-2,6-8H2,(H,17,21)(H,19,20). The smallest absolute Gasteiger partial charge is 0.422 e. The highest BCUT2D eigenvalue weighted by Gasteiger charge is 2.28. The minimum absolute atomic E-state index is 0.00882. The van der Waals surface area contributed by atoms with Gasteiger partial charge in [0.1, 0.15) is 5.69 Å². The summed E-state index contributed by atoms with van der Waals surface area (Å²) in [4.78, 5) is 25.7. The van der Waals surface area contributed by atoms with Gasteiger partial charge in [0, 0.05) is 19.0 Å². The van der Waals surface area contributed by atoms with Gasteiger partial charge in [-0.15, -0.1) is 0 Å². The van der Waals surface area contributed by atoms with E-state index in [1.807, 2.05) is 0 Å². The predicted octanol–water partition coefficient (Wildman–Crippen LogP) is 2.01. The van der Waals surface area contributed by atoms with Crippen molar-refractivity contribution >= 4 is 11.9 Å². The zero-order valence-electron chi connectivity index (χ0n) is 11.5. The predicted molar refractivity (Wildman–Crippen MR) is 69.6 cm³/mol. The van der Waals surface area contributed by atoms with Crippen LogP contribution in [0.25, 0.3) is 0 Å². The number of aromatic nitrogens is 1. The number of pyridine rings is 1. The van der Waals surface area contributed by atoms with E-state index < -0.39 is 24.7 Å². The van der Waals surface area contributed by atoms with Crippen LogP contribution in [0.5, 0.6) is 5.88 Å². The maximum Gasteiger partial charge on any atom is 0.422 e. The van der Waals surface area contributed by atoms with Crippen molar-refractivity contribution < 1.29 is 32.6 Å². The van der Waals surface area contributed by atoms with Crippen LogP contribution in [0.1, 0.15) is 29.8 Å². The Kier molecular flexibility index (Phi) is 6.61. The fourth-order valence-electron chi connectivity index (χ4n) is 1.47. The van der Waals surface area contributed by atoms with Gasteiger partial charge in [-0.3, -0.25) is 9.59 Å². The van der Waals surface area contributed by atoms with Crippen molar-refractivity contribution in [3.8, 4) is 5.88 Å². The van der Waals surface area contributed by atoms with Crippen molar-refractivity contribution in [1.29, 1.82) is 0 Å². The number of carboxylic acids is 1. The molecule has 22 heavy (non-hydrogen) atoms. The molecule has 1 amide bonds. The summed E-state index contributed by atoms with van der Waals surface area (Å²) < 4.78 is 40.5. The van der Waals surface area contributed by atoms with E-state index in [-0.39, 0.29) is 24.5 Å². The third-order valence-electron chi connectivity index (χ3n) is 2.44. The summed E-state index contributed by atoms with van der Waals surface area (Å²) in [6, 6.07) is 3.92. The Hall–Kier alpha value is -2.32. The second-order valence-electron chi connectivity index (χ2n) is 4.37. The number of hydrogen-bond acceptors (Lipinski definition) is 4. The van der Waals surface area contributed by atoms with Gasteiger partial charge < -0.3 is 15.2 Å². The SMILES string of the molecule is O=C(O)CCCCNC(=O)c1cccc(OCC(F)(F)F)n1. The number of amides is 1. The third kappa shape index (κ3) is 7.46. The molecular weight excluding hydrogens is 305 g/mol. The molecular formula is C13H15F3N2O4. The molecule has 0 bridgehead atoms. The van der Waals surface area contributed by atoms with Crippen molar-refractivity contribution in [2.75, 3.05) is 13.2 Å². The number of rotatable bonds is 8. The van der Waals surface area contributed by atoms with Crippen LogP contribution in [-0.4, -0.2) is 41.3 Å². The van der Waals surface area contributed by atoms with Gasteiger partial charge in [-0.25, -0.2) is 4.98 Å². The number of hydrogen-bond donors (Lipinski definition) is 2. The lowest BCUT2D eigenvalue weighted by atomic mass is 10.2. The van der Waals surface area contributed by atoms with E-state index in [2.05, 4.69) is 15.0 Å². The van der Waals surface area contributed by atoms with Gasteiger partial charge >= 0.3 is 12.1 Å². The van der Waals surface area contributed by atoms with E-state index in [1.165, 1.54) is 18.2 Å². The second kappa shape index (κ2) is 8.20. The lowest BCUT2D eigenvalue weighted by Gasteiger charge is -2.09. The zero-order valence-corrected chi connectivity index (χ0v) is 11.5. The Balaban J connectivity index is 2.43. The van der Waals surface area contributed by atoms with E-state index in [1.54, 1.807) is 0 Å². The molecule has 0 atom stereocenters. The maximum absolute atomic E-state index is 12.0.